The largest absolute Gasteiger partial charge is 0.481 e. The van der Waals surface area contributed by atoms with Crippen molar-refractivity contribution in [2.24, 2.45) is 0 Å². The van der Waals surface area contributed by atoms with E-state index in [1.807, 2.05) is 6.07 Å². The van der Waals surface area contributed by atoms with Gasteiger partial charge in [0.05, 0.1) is 12.1 Å². The van der Waals surface area contributed by atoms with E-state index in [1.54, 1.807) is 37.6 Å². The SMILES string of the molecule is COc1ncccc1CNC(=O)c1ccc(Cl)c(Br)c1. The van der Waals surface area contributed by atoms with Crippen LogP contribution in [0, 0.1) is 0 Å². The zero-order chi connectivity index (χ0) is 14.5. The lowest BCUT2D eigenvalue weighted by Crippen LogP contribution is -2.23. The Kier molecular flexibility index (Phi) is 4.98. The standard InChI is InChI=1S/C14H12BrClN2O2/c1-20-14-10(3-2-6-17-14)8-18-13(19)9-4-5-12(16)11(15)7-9/h2-7H,8H2,1H3,(H,18,19). The minimum absolute atomic E-state index is 0.187. The second kappa shape index (κ2) is 6.72. The molecule has 0 aliphatic heterocycles. The molecule has 1 amide bonds. The van der Waals surface area contributed by atoms with Gasteiger partial charge in [0, 0.05) is 28.3 Å². The Morgan fingerprint density at radius 3 is 2.95 bits per heavy atom. The van der Waals surface area contributed by atoms with E-state index >= 15 is 0 Å². The lowest BCUT2D eigenvalue weighted by Gasteiger charge is -2.09. The second-order valence-electron chi connectivity index (χ2n) is 3.98. The van der Waals surface area contributed by atoms with E-state index in [-0.39, 0.29) is 5.91 Å². The van der Waals surface area contributed by atoms with Gasteiger partial charge in [0.2, 0.25) is 5.88 Å². The first kappa shape index (κ1) is 14.8. The van der Waals surface area contributed by atoms with Crippen LogP contribution in [-0.4, -0.2) is 18.0 Å². The number of amides is 1. The molecule has 0 aliphatic carbocycles. The van der Waals surface area contributed by atoms with E-state index in [0.29, 0.717) is 27.5 Å². The van der Waals surface area contributed by atoms with Crippen molar-refractivity contribution in [2.75, 3.05) is 7.11 Å². The molecule has 1 N–H and O–H groups in total. The summed E-state index contributed by atoms with van der Waals surface area (Å²) >= 11 is 9.19. The average Bonchev–Trinajstić information content (AvgIpc) is 2.47. The molecule has 0 radical (unpaired) electrons. The lowest BCUT2D eigenvalue weighted by molar-refractivity contribution is 0.0950. The maximum absolute atomic E-state index is 12.0. The van der Waals surface area contributed by atoms with Crippen molar-refractivity contribution in [3.8, 4) is 5.88 Å². The predicted molar refractivity (Wildman–Crippen MR) is 81.1 cm³/mol. The van der Waals surface area contributed by atoms with Crippen molar-refractivity contribution < 1.29 is 9.53 Å². The van der Waals surface area contributed by atoms with Gasteiger partial charge in [-0.25, -0.2) is 4.98 Å². The van der Waals surface area contributed by atoms with Gasteiger partial charge in [-0.3, -0.25) is 4.79 Å². The molecule has 0 unspecified atom stereocenters. The number of carbonyl (C=O) groups is 1. The van der Waals surface area contributed by atoms with Crippen molar-refractivity contribution in [1.82, 2.24) is 10.3 Å². The van der Waals surface area contributed by atoms with Gasteiger partial charge < -0.3 is 10.1 Å². The molecule has 0 saturated carbocycles. The third-order valence-corrected chi connectivity index (χ3v) is 3.88. The van der Waals surface area contributed by atoms with Crippen molar-refractivity contribution in [3.63, 3.8) is 0 Å². The van der Waals surface area contributed by atoms with E-state index in [1.165, 1.54) is 0 Å². The number of methoxy groups -OCH3 is 1. The fourth-order valence-corrected chi connectivity index (χ4v) is 2.15. The minimum Gasteiger partial charge on any atom is -0.481 e. The Morgan fingerprint density at radius 2 is 2.25 bits per heavy atom. The van der Waals surface area contributed by atoms with Crippen LogP contribution < -0.4 is 10.1 Å². The molecule has 0 bridgehead atoms. The summed E-state index contributed by atoms with van der Waals surface area (Å²) in [6, 6.07) is 8.67. The summed E-state index contributed by atoms with van der Waals surface area (Å²) in [6.45, 7) is 0.343. The molecule has 6 heteroatoms. The first-order valence-electron chi connectivity index (χ1n) is 5.83. The number of hydrogen-bond acceptors (Lipinski definition) is 3. The van der Waals surface area contributed by atoms with Crippen LogP contribution in [0.2, 0.25) is 5.02 Å². The molecule has 0 spiro atoms. The van der Waals surface area contributed by atoms with Crippen molar-refractivity contribution in [2.45, 2.75) is 6.54 Å². The molecule has 1 aromatic heterocycles. The molecule has 4 nitrogen and oxygen atoms in total. The molecule has 0 saturated heterocycles. The van der Waals surface area contributed by atoms with Crippen LogP contribution in [0.4, 0.5) is 0 Å². The van der Waals surface area contributed by atoms with E-state index in [2.05, 4.69) is 26.2 Å². The first-order chi connectivity index (χ1) is 9.61. The molecule has 1 heterocycles. The predicted octanol–water partition coefficient (Wildman–Crippen LogP) is 3.44. The molecular formula is C14H12BrClN2O2. The number of aromatic nitrogens is 1. The molecule has 0 fully saturated rings. The number of ether oxygens (including phenoxy) is 1. The number of carbonyl (C=O) groups excluding carboxylic acids is 1. The summed E-state index contributed by atoms with van der Waals surface area (Å²) in [5.74, 6) is 0.318. The van der Waals surface area contributed by atoms with E-state index < -0.39 is 0 Å². The highest BCUT2D eigenvalue weighted by Gasteiger charge is 2.09. The number of rotatable bonds is 4. The zero-order valence-corrected chi connectivity index (χ0v) is 13.0. The lowest BCUT2D eigenvalue weighted by atomic mass is 10.2. The van der Waals surface area contributed by atoms with Gasteiger partial charge in [-0.15, -0.1) is 0 Å². The van der Waals surface area contributed by atoms with Gasteiger partial charge in [0.25, 0.3) is 5.91 Å². The van der Waals surface area contributed by atoms with Gasteiger partial charge in [0.15, 0.2) is 0 Å². The van der Waals surface area contributed by atoms with Crippen LogP contribution >= 0.6 is 27.5 Å². The molecule has 0 aliphatic rings. The van der Waals surface area contributed by atoms with Crippen LogP contribution in [-0.2, 0) is 6.54 Å². The van der Waals surface area contributed by atoms with Crippen LogP contribution in [0.25, 0.3) is 0 Å². The van der Waals surface area contributed by atoms with Crippen molar-refractivity contribution in [1.29, 1.82) is 0 Å². The molecular weight excluding hydrogens is 344 g/mol. The highest BCUT2D eigenvalue weighted by molar-refractivity contribution is 9.10. The van der Waals surface area contributed by atoms with E-state index in [9.17, 15) is 4.79 Å². The third kappa shape index (κ3) is 3.49. The Labute approximate surface area is 130 Å². The maximum Gasteiger partial charge on any atom is 0.251 e. The Bertz CT molecular complexity index is 634. The first-order valence-corrected chi connectivity index (χ1v) is 7.00. The maximum atomic E-state index is 12.0. The number of hydrogen-bond donors (Lipinski definition) is 1. The van der Waals surface area contributed by atoms with Gasteiger partial charge in [0.1, 0.15) is 0 Å². The van der Waals surface area contributed by atoms with Crippen molar-refractivity contribution in [3.05, 3.63) is 57.2 Å². The number of nitrogens with zero attached hydrogens (tertiary/aromatic N) is 1. The van der Waals surface area contributed by atoms with E-state index in [4.69, 9.17) is 16.3 Å². The van der Waals surface area contributed by atoms with Gasteiger partial charge in [-0.05, 0) is 40.2 Å². The summed E-state index contributed by atoms with van der Waals surface area (Å²) in [7, 11) is 1.55. The van der Waals surface area contributed by atoms with Crippen LogP contribution in [0.15, 0.2) is 41.0 Å². The number of benzene rings is 1. The van der Waals surface area contributed by atoms with Crippen LogP contribution in [0.5, 0.6) is 5.88 Å². The molecule has 0 atom stereocenters. The smallest absolute Gasteiger partial charge is 0.251 e. The number of pyridine rings is 1. The molecule has 2 aromatic rings. The summed E-state index contributed by atoms with van der Waals surface area (Å²) in [6.07, 6.45) is 1.64. The Hall–Kier alpha value is -1.59. The quantitative estimate of drug-likeness (QED) is 0.914. The van der Waals surface area contributed by atoms with E-state index in [0.717, 1.165) is 5.56 Å². The van der Waals surface area contributed by atoms with Crippen LogP contribution in [0.3, 0.4) is 0 Å². The number of halogens is 2. The third-order valence-electron chi connectivity index (χ3n) is 2.66. The fourth-order valence-electron chi connectivity index (χ4n) is 1.66. The minimum atomic E-state index is -0.187. The Balaban J connectivity index is 2.06. The molecule has 20 heavy (non-hydrogen) atoms. The summed E-state index contributed by atoms with van der Waals surface area (Å²) in [4.78, 5) is 16.1. The van der Waals surface area contributed by atoms with Crippen molar-refractivity contribution >= 4 is 33.4 Å². The molecule has 2 rings (SSSR count). The molecule has 1 aromatic carbocycles. The zero-order valence-electron chi connectivity index (χ0n) is 10.7. The summed E-state index contributed by atoms with van der Waals surface area (Å²) in [5, 5.41) is 3.38. The van der Waals surface area contributed by atoms with Gasteiger partial charge in [-0.2, -0.15) is 0 Å². The fraction of sp³-hybridized carbons (Fsp3) is 0.143. The summed E-state index contributed by atoms with van der Waals surface area (Å²) < 4.78 is 5.82. The monoisotopic (exact) mass is 354 g/mol. The average molecular weight is 356 g/mol. The Morgan fingerprint density at radius 1 is 1.45 bits per heavy atom. The molecule has 104 valence electrons. The topological polar surface area (TPSA) is 51.2 Å². The van der Waals surface area contributed by atoms with Crippen LogP contribution in [0.1, 0.15) is 15.9 Å². The summed E-state index contributed by atoms with van der Waals surface area (Å²) in [5.41, 5.74) is 1.35. The second-order valence-corrected chi connectivity index (χ2v) is 5.24. The number of nitrogens with one attached hydrogen (secondary N) is 1. The van der Waals surface area contributed by atoms with Gasteiger partial charge >= 0.3 is 0 Å². The highest BCUT2D eigenvalue weighted by atomic mass is 79.9. The van der Waals surface area contributed by atoms with Gasteiger partial charge in [-0.1, -0.05) is 17.7 Å². The normalized spacial score (nSPS) is 10.2. The highest BCUT2D eigenvalue weighted by Crippen LogP contribution is 2.23.